The Morgan fingerprint density at radius 1 is 0.828 bits per heavy atom. The minimum atomic E-state index is -3.94. The lowest BCUT2D eigenvalue weighted by Crippen LogP contribution is -2.50. The first-order valence-corrected chi connectivity index (χ1v) is 11.2. The number of carbonyl (C=O) groups is 1. The minimum absolute atomic E-state index is 0.108. The monoisotopic (exact) mass is 420 g/mol. The van der Waals surface area contributed by atoms with Gasteiger partial charge < -0.3 is 4.90 Å². The number of amides is 1. The quantitative estimate of drug-likeness (QED) is 0.767. The molecule has 2 aromatic carbocycles. The number of fused-ring (bicyclic) bond motifs is 1. The number of benzene rings is 2. The molecule has 1 amide bonds. The Hall–Kier alpha value is -2.32. The van der Waals surface area contributed by atoms with Crippen LogP contribution < -0.4 is 0 Å². The van der Waals surface area contributed by atoms with Crippen molar-refractivity contribution in [3.63, 3.8) is 0 Å². The van der Waals surface area contributed by atoms with Crippen molar-refractivity contribution in [2.75, 3.05) is 26.2 Å². The van der Waals surface area contributed by atoms with Crippen molar-refractivity contribution in [3.8, 4) is 0 Å². The standard InChI is InChI=1S/C21H22F2N2O3S/c22-19-8-7-18(14-20(19)23)29(27,28)25-11-9-24(10-12-25)21(26)17-6-5-15-3-1-2-4-16(15)13-17/h5-8,13-14H,1-4,9-12H2. The van der Waals surface area contributed by atoms with E-state index >= 15 is 0 Å². The first-order valence-electron chi connectivity index (χ1n) is 9.72. The zero-order chi connectivity index (χ0) is 20.6. The topological polar surface area (TPSA) is 57.7 Å². The molecule has 154 valence electrons. The summed E-state index contributed by atoms with van der Waals surface area (Å²) < 4.78 is 53.1. The van der Waals surface area contributed by atoms with Gasteiger partial charge in [0.15, 0.2) is 11.6 Å². The highest BCUT2D eigenvalue weighted by Crippen LogP contribution is 2.24. The van der Waals surface area contributed by atoms with E-state index in [0.717, 1.165) is 31.4 Å². The van der Waals surface area contributed by atoms with Crippen LogP contribution in [-0.2, 0) is 22.9 Å². The number of hydrogen-bond donors (Lipinski definition) is 0. The number of aryl methyl sites for hydroxylation is 2. The fraction of sp³-hybridized carbons (Fsp3) is 0.381. The Kier molecular flexibility index (Phi) is 5.40. The van der Waals surface area contributed by atoms with E-state index in [1.54, 1.807) is 4.90 Å². The van der Waals surface area contributed by atoms with Crippen molar-refractivity contribution in [1.82, 2.24) is 9.21 Å². The normalized spacial score (nSPS) is 17.8. The molecule has 2 aromatic rings. The second kappa shape index (κ2) is 7.84. The maximum atomic E-state index is 13.4. The molecule has 0 unspecified atom stereocenters. The smallest absolute Gasteiger partial charge is 0.253 e. The van der Waals surface area contributed by atoms with Gasteiger partial charge in [0.1, 0.15) is 0 Å². The highest BCUT2D eigenvalue weighted by molar-refractivity contribution is 7.89. The van der Waals surface area contributed by atoms with Crippen LogP contribution in [0.15, 0.2) is 41.3 Å². The molecular weight excluding hydrogens is 398 g/mol. The lowest BCUT2D eigenvalue weighted by atomic mass is 9.90. The second-order valence-corrected chi connectivity index (χ2v) is 9.40. The Morgan fingerprint density at radius 2 is 1.52 bits per heavy atom. The van der Waals surface area contributed by atoms with Gasteiger partial charge in [0.2, 0.25) is 10.0 Å². The fourth-order valence-electron chi connectivity index (χ4n) is 3.97. The molecule has 1 saturated heterocycles. The van der Waals surface area contributed by atoms with E-state index in [2.05, 4.69) is 0 Å². The second-order valence-electron chi connectivity index (χ2n) is 7.46. The predicted molar refractivity (Wildman–Crippen MR) is 104 cm³/mol. The highest BCUT2D eigenvalue weighted by Gasteiger charge is 2.31. The van der Waals surface area contributed by atoms with Crippen LogP contribution in [0.5, 0.6) is 0 Å². The van der Waals surface area contributed by atoms with E-state index in [4.69, 9.17) is 0 Å². The summed E-state index contributed by atoms with van der Waals surface area (Å²) in [6, 6.07) is 8.37. The molecule has 8 heteroatoms. The third-order valence-corrected chi connectivity index (χ3v) is 7.54. The van der Waals surface area contributed by atoms with Gasteiger partial charge in [0.25, 0.3) is 5.91 Å². The number of hydrogen-bond acceptors (Lipinski definition) is 3. The van der Waals surface area contributed by atoms with Crippen molar-refractivity contribution >= 4 is 15.9 Å². The molecule has 0 N–H and O–H groups in total. The van der Waals surface area contributed by atoms with Gasteiger partial charge in [-0.2, -0.15) is 4.31 Å². The highest BCUT2D eigenvalue weighted by atomic mass is 32.2. The van der Waals surface area contributed by atoms with Gasteiger partial charge >= 0.3 is 0 Å². The number of sulfonamides is 1. The minimum Gasteiger partial charge on any atom is -0.336 e. The molecule has 0 atom stereocenters. The SMILES string of the molecule is O=C(c1ccc2c(c1)CCCC2)N1CCN(S(=O)(=O)c2ccc(F)c(F)c2)CC1. The molecule has 0 radical (unpaired) electrons. The Labute approximate surface area is 169 Å². The summed E-state index contributed by atoms with van der Waals surface area (Å²) in [7, 11) is -3.94. The summed E-state index contributed by atoms with van der Waals surface area (Å²) in [5, 5.41) is 0. The van der Waals surface area contributed by atoms with E-state index in [-0.39, 0.29) is 37.0 Å². The summed E-state index contributed by atoms with van der Waals surface area (Å²) >= 11 is 0. The maximum absolute atomic E-state index is 13.4. The number of piperazine rings is 1. The van der Waals surface area contributed by atoms with Gasteiger partial charge in [-0.1, -0.05) is 6.07 Å². The third kappa shape index (κ3) is 3.91. The van der Waals surface area contributed by atoms with Gasteiger partial charge in [0, 0.05) is 31.7 Å². The molecule has 0 saturated carbocycles. The number of carbonyl (C=O) groups excluding carboxylic acids is 1. The molecule has 1 heterocycles. The number of rotatable bonds is 3. The molecule has 0 bridgehead atoms. The van der Waals surface area contributed by atoms with Crippen LogP contribution in [0.25, 0.3) is 0 Å². The average Bonchev–Trinajstić information content (AvgIpc) is 2.74. The van der Waals surface area contributed by atoms with Gasteiger partial charge in [-0.05, 0) is 67.1 Å². The Bertz CT molecular complexity index is 1050. The molecule has 1 aliphatic heterocycles. The molecule has 5 nitrogen and oxygen atoms in total. The lowest BCUT2D eigenvalue weighted by molar-refractivity contribution is 0.0697. The summed E-state index contributed by atoms with van der Waals surface area (Å²) in [5.41, 5.74) is 3.15. The summed E-state index contributed by atoms with van der Waals surface area (Å²) in [6.45, 7) is 0.716. The average molecular weight is 420 g/mol. The van der Waals surface area contributed by atoms with Crippen molar-refractivity contribution in [1.29, 1.82) is 0 Å². The van der Waals surface area contributed by atoms with Crippen LogP contribution in [0.4, 0.5) is 8.78 Å². The molecule has 1 fully saturated rings. The van der Waals surface area contributed by atoms with Crippen LogP contribution in [0, 0.1) is 11.6 Å². The van der Waals surface area contributed by atoms with Crippen LogP contribution in [-0.4, -0.2) is 49.7 Å². The Balaban J connectivity index is 1.45. The van der Waals surface area contributed by atoms with Crippen LogP contribution in [0.3, 0.4) is 0 Å². The zero-order valence-electron chi connectivity index (χ0n) is 15.9. The summed E-state index contributed by atoms with van der Waals surface area (Å²) in [5.74, 6) is -2.40. The van der Waals surface area contributed by atoms with Crippen molar-refractivity contribution in [2.24, 2.45) is 0 Å². The van der Waals surface area contributed by atoms with Crippen molar-refractivity contribution in [3.05, 3.63) is 64.7 Å². The molecule has 2 aliphatic rings. The van der Waals surface area contributed by atoms with E-state index in [9.17, 15) is 22.0 Å². The van der Waals surface area contributed by atoms with Crippen molar-refractivity contribution < 1.29 is 22.0 Å². The predicted octanol–water partition coefficient (Wildman–Crippen LogP) is 2.99. The Morgan fingerprint density at radius 3 is 2.21 bits per heavy atom. The van der Waals surface area contributed by atoms with Crippen LogP contribution in [0.2, 0.25) is 0 Å². The zero-order valence-corrected chi connectivity index (χ0v) is 16.7. The first-order chi connectivity index (χ1) is 13.9. The van der Waals surface area contributed by atoms with Gasteiger partial charge in [-0.3, -0.25) is 4.79 Å². The molecular formula is C21H22F2N2O3S. The fourth-order valence-corrected chi connectivity index (χ4v) is 5.40. The van der Waals surface area contributed by atoms with Gasteiger partial charge in [0.05, 0.1) is 4.90 Å². The van der Waals surface area contributed by atoms with E-state index < -0.39 is 21.7 Å². The number of halogens is 2. The largest absolute Gasteiger partial charge is 0.336 e. The molecule has 1 aliphatic carbocycles. The van der Waals surface area contributed by atoms with E-state index in [0.29, 0.717) is 11.6 Å². The maximum Gasteiger partial charge on any atom is 0.253 e. The number of nitrogens with zero attached hydrogens (tertiary/aromatic N) is 2. The summed E-state index contributed by atoms with van der Waals surface area (Å²) in [6.07, 6.45) is 4.33. The van der Waals surface area contributed by atoms with E-state index in [1.165, 1.54) is 21.9 Å². The van der Waals surface area contributed by atoms with Gasteiger partial charge in [-0.15, -0.1) is 0 Å². The van der Waals surface area contributed by atoms with Crippen LogP contribution >= 0.6 is 0 Å². The molecule has 29 heavy (non-hydrogen) atoms. The van der Waals surface area contributed by atoms with E-state index in [1.807, 2.05) is 18.2 Å². The lowest BCUT2D eigenvalue weighted by Gasteiger charge is -2.34. The summed E-state index contributed by atoms with van der Waals surface area (Å²) in [4.78, 5) is 14.2. The molecule has 0 spiro atoms. The first kappa shape index (κ1) is 20.0. The van der Waals surface area contributed by atoms with Crippen molar-refractivity contribution in [2.45, 2.75) is 30.6 Å². The molecule has 4 rings (SSSR count). The van der Waals surface area contributed by atoms with Crippen LogP contribution in [0.1, 0.15) is 34.3 Å². The van der Waals surface area contributed by atoms with Gasteiger partial charge in [-0.25, -0.2) is 17.2 Å². The molecule has 0 aromatic heterocycles. The third-order valence-electron chi connectivity index (χ3n) is 5.65.